The SMILES string of the molecule is OCCCn1c(-c2cccc(F)c2)nc2cccnc21. The number of benzene rings is 1. The summed E-state index contributed by atoms with van der Waals surface area (Å²) in [5.74, 6) is 0.378. The quantitative estimate of drug-likeness (QED) is 0.793. The van der Waals surface area contributed by atoms with Crippen LogP contribution >= 0.6 is 0 Å². The van der Waals surface area contributed by atoms with Gasteiger partial charge in [-0.2, -0.15) is 0 Å². The zero-order valence-corrected chi connectivity index (χ0v) is 10.8. The summed E-state index contributed by atoms with van der Waals surface area (Å²) >= 11 is 0. The number of imidazole rings is 1. The number of aliphatic hydroxyl groups is 1. The van der Waals surface area contributed by atoms with Crippen LogP contribution < -0.4 is 0 Å². The molecular formula is C15H14FN3O. The maximum Gasteiger partial charge on any atom is 0.160 e. The molecular weight excluding hydrogens is 257 g/mol. The van der Waals surface area contributed by atoms with Crippen LogP contribution in [-0.2, 0) is 6.54 Å². The first-order chi connectivity index (χ1) is 9.79. The molecule has 2 aromatic heterocycles. The molecule has 0 atom stereocenters. The average Bonchev–Trinajstić information content (AvgIpc) is 2.84. The number of nitrogens with zero attached hydrogens (tertiary/aromatic N) is 3. The third-order valence-corrected chi connectivity index (χ3v) is 3.13. The zero-order valence-electron chi connectivity index (χ0n) is 10.8. The Kier molecular flexibility index (Phi) is 3.43. The highest BCUT2D eigenvalue weighted by molar-refractivity contribution is 5.77. The van der Waals surface area contributed by atoms with Crippen molar-refractivity contribution in [3.8, 4) is 11.4 Å². The van der Waals surface area contributed by atoms with Gasteiger partial charge < -0.3 is 9.67 Å². The summed E-state index contributed by atoms with van der Waals surface area (Å²) < 4.78 is 15.3. The normalized spacial score (nSPS) is 11.1. The van der Waals surface area contributed by atoms with Gasteiger partial charge in [0.1, 0.15) is 17.2 Å². The molecule has 102 valence electrons. The molecule has 4 nitrogen and oxygen atoms in total. The number of aryl methyl sites for hydroxylation is 1. The van der Waals surface area contributed by atoms with E-state index in [1.807, 2.05) is 22.8 Å². The van der Waals surface area contributed by atoms with E-state index in [0.29, 0.717) is 24.4 Å². The minimum atomic E-state index is -0.295. The molecule has 1 aromatic carbocycles. The number of hydrogen-bond donors (Lipinski definition) is 1. The molecule has 1 N–H and O–H groups in total. The monoisotopic (exact) mass is 271 g/mol. The minimum absolute atomic E-state index is 0.0924. The fourth-order valence-corrected chi connectivity index (χ4v) is 2.25. The van der Waals surface area contributed by atoms with Crippen LogP contribution in [0.25, 0.3) is 22.6 Å². The molecule has 0 unspecified atom stereocenters. The summed E-state index contributed by atoms with van der Waals surface area (Å²) in [7, 11) is 0. The van der Waals surface area contributed by atoms with Crippen molar-refractivity contribution in [1.82, 2.24) is 14.5 Å². The highest BCUT2D eigenvalue weighted by atomic mass is 19.1. The number of aliphatic hydroxyl groups excluding tert-OH is 1. The first-order valence-corrected chi connectivity index (χ1v) is 6.47. The topological polar surface area (TPSA) is 50.9 Å². The summed E-state index contributed by atoms with van der Waals surface area (Å²) in [6, 6.07) is 10.0. The van der Waals surface area contributed by atoms with Gasteiger partial charge >= 0.3 is 0 Å². The summed E-state index contributed by atoms with van der Waals surface area (Å²) in [5, 5.41) is 9.03. The molecule has 3 rings (SSSR count). The molecule has 0 radical (unpaired) electrons. The van der Waals surface area contributed by atoms with Gasteiger partial charge in [0.2, 0.25) is 0 Å². The Morgan fingerprint density at radius 2 is 2.10 bits per heavy atom. The van der Waals surface area contributed by atoms with Crippen molar-refractivity contribution in [1.29, 1.82) is 0 Å². The van der Waals surface area contributed by atoms with E-state index in [1.165, 1.54) is 12.1 Å². The largest absolute Gasteiger partial charge is 0.396 e. The van der Waals surface area contributed by atoms with Crippen molar-refractivity contribution < 1.29 is 9.50 Å². The van der Waals surface area contributed by atoms with Crippen LogP contribution in [0.1, 0.15) is 6.42 Å². The van der Waals surface area contributed by atoms with Crippen molar-refractivity contribution >= 4 is 11.2 Å². The third kappa shape index (κ3) is 2.28. The highest BCUT2D eigenvalue weighted by Crippen LogP contribution is 2.24. The van der Waals surface area contributed by atoms with Crippen molar-refractivity contribution in [3.05, 3.63) is 48.4 Å². The van der Waals surface area contributed by atoms with E-state index in [1.54, 1.807) is 12.3 Å². The Hall–Kier alpha value is -2.27. The summed E-state index contributed by atoms with van der Waals surface area (Å²) in [6.07, 6.45) is 2.30. The molecule has 0 bridgehead atoms. The van der Waals surface area contributed by atoms with Gasteiger partial charge in [0, 0.05) is 24.9 Å². The molecule has 3 aromatic rings. The Balaban J connectivity index is 2.18. The Bertz CT molecular complexity index is 739. The average molecular weight is 271 g/mol. The zero-order chi connectivity index (χ0) is 13.9. The van der Waals surface area contributed by atoms with Crippen molar-refractivity contribution in [2.24, 2.45) is 0 Å². The Morgan fingerprint density at radius 3 is 2.90 bits per heavy atom. The van der Waals surface area contributed by atoms with Crippen LogP contribution in [0.4, 0.5) is 4.39 Å². The van der Waals surface area contributed by atoms with Crippen LogP contribution in [0.2, 0.25) is 0 Å². The molecule has 0 saturated carbocycles. The molecule has 2 heterocycles. The van der Waals surface area contributed by atoms with E-state index in [9.17, 15) is 4.39 Å². The molecule has 0 spiro atoms. The lowest BCUT2D eigenvalue weighted by molar-refractivity contribution is 0.280. The number of rotatable bonds is 4. The van der Waals surface area contributed by atoms with E-state index >= 15 is 0 Å². The second kappa shape index (κ2) is 5.38. The van der Waals surface area contributed by atoms with Gasteiger partial charge in [-0.25, -0.2) is 14.4 Å². The van der Waals surface area contributed by atoms with Crippen LogP contribution in [0, 0.1) is 5.82 Å². The second-order valence-electron chi connectivity index (χ2n) is 4.52. The molecule has 0 aliphatic heterocycles. The molecule has 0 amide bonds. The Morgan fingerprint density at radius 1 is 1.20 bits per heavy atom. The van der Waals surface area contributed by atoms with Crippen LogP contribution in [-0.4, -0.2) is 26.2 Å². The van der Waals surface area contributed by atoms with Crippen LogP contribution in [0.3, 0.4) is 0 Å². The van der Waals surface area contributed by atoms with E-state index in [4.69, 9.17) is 5.11 Å². The van der Waals surface area contributed by atoms with E-state index < -0.39 is 0 Å². The van der Waals surface area contributed by atoms with E-state index in [-0.39, 0.29) is 12.4 Å². The van der Waals surface area contributed by atoms with E-state index in [0.717, 1.165) is 11.2 Å². The first kappa shape index (κ1) is 12.7. The highest BCUT2D eigenvalue weighted by Gasteiger charge is 2.13. The van der Waals surface area contributed by atoms with Crippen LogP contribution in [0.5, 0.6) is 0 Å². The lowest BCUT2D eigenvalue weighted by Gasteiger charge is -2.07. The number of halogens is 1. The molecule has 0 saturated heterocycles. The predicted molar refractivity (Wildman–Crippen MR) is 74.6 cm³/mol. The predicted octanol–water partition coefficient (Wildman–Crippen LogP) is 2.62. The summed E-state index contributed by atoms with van der Waals surface area (Å²) in [6.45, 7) is 0.685. The molecule has 20 heavy (non-hydrogen) atoms. The van der Waals surface area contributed by atoms with Gasteiger partial charge in [-0.1, -0.05) is 12.1 Å². The number of fused-ring (bicyclic) bond motifs is 1. The molecule has 0 fully saturated rings. The number of hydrogen-bond acceptors (Lipinski definition) is 3. The molecule has 5 heteroatoms. The number of aromatic nitrogens is 3. The van der Waals surface area contributed by atoms with Gasteiger partial charge in [-0.05, 0) is 30.7 Å². The maximum atomic E-state index is 13.4. The van der Waals surface area contributed by atoms with Gasteiger partial charge in [0.05, 0.1) is 0 Å². The summed E-state index contributed by atoms with van der Waals surface area (Å²) in [4.78, 5) is 8.86. The second-order valence-corrected chi connectivity index (χ2v) is 4.52. The van der Waals surface area contributed by atoms with Gasteiger partial charge in [-0.3, -0.25) is 0 Å². The van der Waals surface area contributed by atoms with Gasteiger partial charge in [0.15, 0.2) is 5.65 Å². The Labute approximate surface area is 115 Å². The van der Waals surface area contributed by atoms with Crippen LogP contribution in [0.15, 0.2) is 42.6 Å². The standard InChI is InChI=1S/C15H14FN3O/c16-12-5-1-4-11(10-12)14-18-13-6-2-7-17-15(13)19(14)8-3-9-20/h1-2,4-7,10,20H,3,8-9H2. The van der Waals surface area contributed by atoms with Crippen molar-refractivity contribution in [3.63, 3.8) is 0 Å². The fraction of sp³-hybridized carbons (Fsp3) is 0.200. The molecule has 0 aliphatic rings. The smallest absolute Gasteiger partial charge is 0.160 e. The van der Waals surface area contributed by atoms with Crippen molar-refractivity contribution in [2.45, 2.75) is 13.0 Å². The molecule has 0 aliphatic carbocycles. The summed E-state index contributed by atoms with van der Waals surface area (Å²) in [5.41, 5.74) is 2.23. The minimum Gasteiger partial charge on any atom is -0.396 e. The number of pyridine rings is 1. The van der Waals surface area contributed by atoms with Gasteiger partial charge in [-0.15, -0.1) is 0 Å². The van der Waals surface area contributed by atoms with E-state index in [2.05, 4.69) is 9.97 Å². The maximum absolute atomic E-state index is 13.4. The lowest BCUT2D eigenvalue weighted by atomic mass is 10.2. The van der Waals surface area contributed by atoms with Gasteiger partial charge in [0.25, 0.3) is 0 Å². The third-order valence-electron chi connectivity index (χ3n) is 3.13. The fourth-order valence-electron chi connectivity index (χ4n) is 2.25. The lowest BCUT2D eigenvalue weighted by Crippen LogP contribution is -2.03. The first-order valence-electron chi connectivity index (χ1n) is 6.47. The van der Waals surface area contributed by atoms with Crippen molar-refractivity contribution in [2.75, 3.05) is 6.61 Å².